The molecule has 2 amide bonds. The first-order chi connectivity index (χ1) is 17.6. The number of halogens is 7. The molecule has 3 heterocycles. The molecular weight excluding hydrogens is 597 g/mol. The number of carboxylic acids is 1. The molecule has 4 unspecified atom stereocenters. The average molecular weight is 613 g/mol. The van der Waals surface area contributed by atoms with Gasteiger partial charge in [0.2, 0.25) is 5.91 Å². The van der Waals surface area contributed by atoms with Crippen molar-refractivity contribution < 1.29 is 37.8 Å². The fourth-order valence-corrected chi connectivity index (χ4v) is 7.00. The Bertz CT molecular complexity index is 1390. The van der Waals surface area contributed by atoms with Crippen molar-refractivity contribution in [1.82, 2.24) is 4.90 Å². The van der Waals surface area contributed by atoms with Crippen molar-refractivity contribution in [3.05, 3.63) is 56.0 Å². The van der Waals surface area contributed by atoms with Crippen molar-refractivity contribution in [3.63, 3.8) is 0 Å². The van der Waals surface area contributed by atoms with Crippen LogP contribution in [0.4, 0.5) is 24.5 Å². The molecule has 5 rings (SSSR count). The summed E-state index contributed by atoms with van der Waals surface area (Å²) >= 11 is 24.3. The standard InChI is InChI=1S/C23H16Cl4F3N3O5/c24-8-1-9(25)3-11(2-8)31-18(34)15-14-6-21(38,23(28,29)30)7-33(14)22(16(15)19(35)36)12-4-10(26)5-13(27)17(12)32-20(22)37/h1-5,14-16,38H,6-7H2,(H,31,34)(H,32,37)(H,35,36)/t14?,15?,16?,21-,22?/m0/s1. The van der Waals surface area contributed by atoms with Crippen LogP contribution in [0.3, 0.4) is 0 Å². The molecule has 0 radical (unpaired) electrons. The predicted octanol–water partition coefficient (Wildman–Crippen LogP) is 4.78. The Labute approximate surface area is 232 Å². The molecule has 202 valence electrons. The SMILES string of the molecule is O=C(Nc1cc(Cl)cc(Cl)c1)C1C2C[C@@](O)(C(F)(F)F)CN2C2(C(=O)Nc3c(Cl)cc(Cl)cc32)C1C(=O)O. The number of aliphatic carboxylic acids is 1. The lowest BCUT2D eigenvalue weighted by Crippen LogP contribution is -2.57. The number of hydrogen-bond donors (Lipinski definition) is 4. The van der Waals surface area contributed by atoms with E-state index in [1.54, 1.807) is 0 Å². The number of nitrogens with zero attached hydrogens (tertiary/aromatic N) is 1. The molecule has 2 fully saturated rings. The summed E-state index contributed by atoms with van der Waals surface area (Å²) in [7, 11) is 0. The fraction of sp³-hybridized carbons (Fsp3) is 0.348. The molecule has 3 aliphatic rings. The van der Waals surface area contributed by atoms with Gasteiger partial charge in [0.15, 0.2) is 5.60 Å². The van der Waals surface area contributed by atoms with E-state index < -0.39 is 65.9 Å². The number of alkyl halides is 3. The van der Waals surface area contributed by atoms with Crippen molar-refractivity contribution in [2.45, 2.75) is 29.8 Å². The van der Waals surface area contributed by atoms with Crippen molar-refractivity contribution in [1.29, 1.82) is 0 Å². The molecule has 0 bridgehead atoms. The Morgan fingerprint density at radius 1 is 1.05 bits per heavy atom. The summed E-state index contributed by atoms with van der Waals surface area (Å²) < 4.78 is 42.0. The number of carboxylic acid groups (broad SMARTS) is 1. The van der Waals surface area contributed by atoms with Crippen LogP contribution in [0.2, 0.25) is 20.1 Å². The van der Waals surface area contributed by atoms with Gasteiger partial charge in [-0.1, -0.05) is 46.4 Å². The highest BCUT2D eigenvalue weighted by Crippen LogP contribution is 2.61. The number of rotatable bonds is 3. The molecule has 0 saturated carbocycles. The maximum absolute atomic E-state index is 14.0. The zero-order valence-electron chi connectivity index (χ0n) is 18.7. The second kappa shape index (κ2) is 8.87. The third-order valence-corrected chi connectivity index (χ3v) is 8.29. The molecule has 0 aromatic heterocycles. The largest absolute Gasteiger partial charge is 0.481 e. The average Bonchev–Trinajstić information content (AvgIpc) is 3.35. The van der Waals surface area contributed by atoms with Gasteiger partial charge in [-0.15, -0.1) is 0 Å². The van der Waals surface area contributed by atoms with Crippen molar-refractivity contribution >= 4 is 75.6 Å². The van der Waals surface area contributed by atoms with E-state index in [0.717, 1.165) is 4.90 Å². The van der Waals surface area contributed by atoms with Crippen molar-refractivity contribution in [3.8, 4) is 0 Å². The topological polar surface area (TPSA) is 119 Å². The van der Waals surface area contributed by atoms with Crippen LogP contribution in [0.25, 0.3) is 0 Å². The lowest BCUT2D eigenvalue weighted by Gasteiger charge is -2.37. The lowest BCUT2D eigenvalue weighted by molar-refractivity contribution is -0.256. The second-order valence-corrected chi connectivity index (χ2v) is 11.2. The number of benzene rings is 2. The maximum Gasteiger partial charge on any atom is 0.418 e. The number of carbonyl (C=O) groups excluding carboxylic acids is 2. The quantitative estimate of drug-likeness (QED) is 0.396. The number of aliphatic hydroxyl groups is 1. The van der Waals surface area contributed by atoms with Crippen LogP contribution in [0.15, 0.2) is 30.3 Å². The van der Waals surface area contributed by atoms with Gasteiger partial charge in [0.1, 0.15) is 11.5 Å². The summed E-state index contributed by atoms with van der Waals surface area (Å²) in [6.07, 6.45) is -6.21. The summed E-state index contributed by atoms with van der Waals surface area (Å²) in [6.45, 7) is -1.17. The number of anilines is 2. The van der Waals surface area contributed by atoms with E-state index in [1.807, 2.05) is 0 Å². The number of fused-ring (bicyclic) bond motifs is 4. The molecule has 0 aliphatic carbocycles. The minimum atomic E-state index is -5.15. The van der Waals surface area contributed by atoms with Gasteiger partial charge >= 0.3 is 12.1 Å². The Morgan fingerprint density at radius 3 is 2.24 bits per heavy atom. The van der Waals surface area contributed by atoms with Crippen molar-refractivity contribution in [2.24, 2.45) is 11.8 Å². The molecule has 38 heavy (non-hydrogen) atoms. The number of nitrogens with one attached hydrogen (secondary N) is 2. The van der Waals surface area contributed by atoms with Crippen molar-refractivity contribution in [2.75, 3.05) is 17.2 Å². The van der Waals surface area contributed by atoms with E-state index >= 15 is 0 Å². The summed E-state index contributed by atoms with van der Waals surface area (Å²) in [4.78, 5) is 40.9. The van der Waals surface area contributed by atoms with Gasteiger partial charge in [-0.3, -0.25) is 19.3 Å². The first kappa shape index (κ1) is 27.3. The zero-order valence-corrected chi connectivity index (χ0v) is 21.8. The second-order valence-electron chi connectivity index (χ2n) is 9.45. The number of hydrogen-bond acceptors (Lipinski definition) is 5. The minimum Gasteiger partial charge on any atom is -0.481 e. The Morgan fingerprint density at radius 2 is 1.66 bits per heavy atom. The molecule has 2 aromatic carbocycles. The predicted molar refractivity (Wildman–Crippen MR) is 133 cm³/mol. The van der Waals surface area contributed by atoms with Crippen LogP contribution in [-0.2, 0) is 19.9 Å². The van der Waals surface area contributed by atoms with Gasteiger partial charge in [-0.2, -0.15) is 13.2 Å². The fourth-order valence-electron chi connectivity index (χ4n) is 5.93. The molecule has 5 atom stereocenters. The summed E-state index contributed by atoms with van der Waals surface area (Å²) in [5.74, 6) is -7.28. The summed E-state index contributed by atoms with van der Waals surface area (Å²) in [5, 5.41) is 26.1. The molecule has 1 spiro atoms. The first-order valence-corrected chi connectivity index (χ1v) is 12.5. The third-order valence-electron chi connectivity index (χ3n) is 7.33. The highest BCUT2D eigenvalue weighted by molar-refractivity contribution is 6.38. The van der Waals surface area contributed by atoms with Gasteiger partial charge < -0.3 is 20.8 Å². The highest BCUT2D eigenvalue weighted by Gasteiger charge is 2.76. The molecule has 2 saturated heterocycles. The smallest absolute Gasteiger partial charge is 0.418 e. The van der Waals surface area contributed by atoms with E-state index in [2.05, 4.69) is 10.6 Å². The molecule has 4 N–H and O–H groups in total. The molecule has 2 aromatic rings. The monoisotopic (exact) mass is 611 g/mol. The highest BCUT2D eigenvalue weighted by atomic mass is 35.5. The maximum atomic E-state index is 14.0. The van der Waals surface area contributed by atoms with Crippen LogP contribution in [0.1, 0.15) is 12.0 Å². The summed E-state index contributed by atoms with van der Waals surface area (Å²) in [6, 6.07) is 4.95. The third kappa shape index (κ3) is 3.86. The first-order valence-electron chi connectivity index (χ1n) is 11.0. The summed E-state index contributed by atoms with van der Waals surface area (Å²) in [5.41, 5.74) is -5.78. The van der Waals surface area contributed by atoms with Crippen LogP contribution in [0.5, 0.6) is 0 Å². The van der Waals surface area contributed by atoms with E-state index in [1.165, 1.54) is 30.3 Å². The van der Waals surface area contributed by atoms with Gasteiger partial charge in [0.25, 0.3) is 5.91 Å². The van der Waals surface area contributed by atoms with Gasteiger partial charge in [-0.05, 0) is 30.3 Å². The van der Waals surface area contributed by atoms with E-state index in [0.29, 0.717) is 0 Å². The van der Waals surface area contributed by atoms with Crippen LogP contribution in [0, 0.1) is 11.8 Å². The lowest BCUT2D eigenvalue weighted by atomic mass is 9.73. The van der Waals surface area contributed by atoms with Crippen LogP contribution < -0.4 is 10.6 Å². The molecule has 8 nitrogen and oxygen atoms in total. The molecule has 15 heteroatoms. The molecular formula is C23H16Cl4F3N3O5. The van der Waals surface area contributed by atoms with Gasteiger partial charge in [0.05, 0.1) is 16.6 Å². The zero-order chi connectivity index (χ0) is 27.9. The van der Waals surface area contributed by atoms with E-state index in [9.17, 15) is 37.8 Å². The van der Waals surface area contributed by atoms with Crippen LogP contribution in [-0.4, -0.2) is 57.3 Å². The number of amides is 2. The van der Waals surface area contributed by atoms with Gasteiger partial charge in [-0.25, -0.2) is 0 Å². The van der Waals surface area contributed by atoms with E-state index in [4.69, 9.17) is 46.4 Å². The van der Waals surface area contributed by atoms with Crippen LogP contribution >= 0.6 is 46.4 Å². The minimum absolute atomic E-state index is 0.0166. The number of carbonyl (C=O) groups is 3. The Kier molecular flexibility index (Phi) is 6.37. The Hall–Kier alpha value is -2.28. The Balaban J connectivity index is 1.71. The normalized spacial score (nSPS) is 30.3. The van der Waals surface area contributed by atoms with E-state index in [-0.39, 0.29) is 37.0 Å². The van der Waals surface area contributed by atoms with Gasteiger partial charge in [0, 0.05) is 45.3 Å². The molecule has 3 aliphatic heterocycles.